The summed E-state index contributed by atoms with van der Waals surface area (Å²) in [5, 5.41) is 33.3. The van der Waals surface area contributed by atoms with Gasteiger partial charge in [0.05, 0.1) is 0 Å². The number of aromatic hydroxyl groups is 1. The summed E-state index contributed by atoms with van der Waals surface area (Å²) < 4.78 is 0. The first kappa shape index (κ1) is 17.0. The Labute approximate surface area is 154 Å². The van der Waals surface area contributed by atoms with Crippen molar-refractivity contribution in [3.8, 4) is 11.8 Å². The molecule has 3 rings (SSSR count). The summed E-state index contributed by atoms with van der Waals surface area (Å²) in [6.45, 7) is 0.291. The van der Waals surface area contributed by atoms with E-state index in [9.17, 15) is 10.4 Å². The van der Waals surface area contributed by atoms with Gasteiger partial charge in [0.25, 0.3) is 0 Å². The molecule has 126 valence electrons. The second-order valence-electron chi connectivity index (χ2n) is 5.20. The van der Waals surface area contributed by atoms with E-state index in [0.717, 1.165) is 5.69 Å². The van der Waals surface area contributed by atoms with Gasteiger partial charge in [-0.1, -0.05) is 35.3 Å². The molecule has 0 radical (unpaired) electrons. The fraction of sp³-hybridized carbons (Fsp3) is 0.0588. The zero-order valence-corrected chi connectivity index (χ0v) is 14.4. The van der Waals surface area contributed by atoms with Crippen LogP contribution in [0.25, 0.3) is 0 Å². The monoisotopic (exact) mass is 373 g/mol. The Bertz CT molecular complexity index is 948. The molecule has 1 heterocycles. The highest BCUT2D eigenvalue weighted by Gasteiger charge is 2.14. The van der Waals surface area contributed by atoms with Crippen molar-refractivity contribution in [3.05, 3.63) is 63.6 Å². The van der Waals surface area contributed by atoms with Gasteiger partial charge >= 0.3 is 0 Å². The standard InChI is InChI=1S/C17H13Cl2N5O/c18-11-2-1-3-13(6-11)22-17-14(8-20)16(23-24-17)21-9-10-4-5-12(19)7-15(10)25/h1-7,25H,9H2,(H3,21,22,23,24). The van der Waals surface area contributed by atoms with E-state index >= 15 is 0 Å². The summed E-state index contributed by atoms with van der Waals surface area (Å²) in [5.74, 6) is 0.903. The number of aromatic amines is 1. The van der Waals surface area contributed by atoms with Crippen LogP contribution in [-0.2, 0) is 6.54 Å². The van der Waals surface area contributed by atoms with Gasteiger partial charge in [0.2, 0.25) is 0 Å². The summed E-state index contributed by atoms with van der Waals surface area (Å²) in [6, 6.07) is 14.1. The molecule has 0 spiro atoms. The average molecular weight is 374 g/mol. The van der Waals surface area contributed by atoms with Crippen LogP contribution in [0.5, 0.6) is 5.75 Å². The first-order valence-corrected chi connectivity index (χ1v) is 8.04. The molecular formula is C17H13Cl2N5O. The number of hydrogen-bond acceptors (Lipinski definition) is 5. The molecule has 6 nitrogen and oxygen atoms in total. The molecule has 0 fully saturated rings. The number of halogens is 2. The highest BCUT2D eigenvalue weighted by Crippen LogP contribution is 2.27. The maximum absolute atomic E-state index is 9.88. The summed E-state index contributed by atoms with van der Waals surface area (Å²) in [7, 11) is 0. The van der Waals surface area contributed by atoms with Crippen molar-refractivity contribution in [1.82, 2.24) is 10.2 Å². The van der Waals surface area contributed by atoms with Gasteiger partial charge in [-0.15, -0.1) is 0 Å². The molecule has 2 aromatic carbocycles. The number of phenolic OH excluding ortho intramolecular Hbond substituents is 1. The Hall–Kier alpha value is -2.88. The van der Waals surface area contributed by atoms with Gasteiger partial charge in [0, 0.05) is 27.8 Å². The van der Waals surface area contributed by atoms with Crippen LogP contribution >= 0.6 is 23.2 Å². The molecule has 0 bridgehead atoms. The van der Waals surface area contributed by atoms with E-state index in [1.54, 1.807) is 30.3 Å². The zero-order valence-electron chi connectivity index (χ0n) is 12.8. The number of benzene rings is 2. The van der Waals surface area contributed by atoms with Crippen molar-refractivity contribution >= 4 is 40.5 Å². The highest BCUT2D eigenvalue weighted by atomic mass is 35.5. The number of nitrogens with zero attached hydrogens (tertiary/aromatic N) is 2. The minimum Gasteiger partial charge on any atom is -0.508 e. The van der Waals surface area contributed by atoms with Gasteiger partial charge in [0.15, 0.2) is 5.82 Å². The van der Waals surface area contributed by atoms with Crippen molar-refractivity contribution in [2.45, 2.75) is 6.54 Å². The topological polar surface area (TPSA) is 96.8 Å². The molecule has 0 unspecified atom stereocenters. The summed E-state index contributed by atoms with van der Waals surface area (Å²) in [6.07, 6.45) is 0. The lowest BCUT2D eigenvalue weighted by Crippen LogP contribution is -2.01. The lowest BCUT2D eigenvalue weighted by Gasteiger charge is -2.07. The fourth-order valence-corrected chi connectivity index (χ4v) is 2.60. The summed E-state index contributed by atoms with van der Waals surface area (Å²) in [4.78, 5) is 0. The lowest BCUT2D eigenvalue weighted by molar-refractivity contribution is 0.469. The van der Waals surface area contributed by atoms with Crippen LogP contribution in [0, 0.1) is 11.3 Å². The quantitative estimate of drug-likeness (QED) is 0.521. The lowest BCUT2D eigenvalue weighted by atomic mass is 10.2. The van der Waals surface area contributed by atoms with Crippen molar-refractivity contribution in [1.29, 1.82) is 5.26 Å². The van der Waals surface area contributed by atoms with Crippen LogP contribution in [0.1, 0.15) is 11.1 Å². The first-order valence-electron chi connectivity index (χ1n) is 7.29. The maximum Gasteiger partial charge on any atom is 0.168 e. The van der Waals surface area contributed by atoms with Gasteiger partial charge in [0.1, 0.15) is 23.2 Å². The van der Waals surface area contributed by atoms with E-state index in [1.807, 2.05) is 6.07 Å². The highest BCUT2D eigenvalue weighted by molar-refractivity contribution is 6.31. The molecule has 3 aromatic rings. The van der Waals surface area contributed by atoms with Crippen LogP contribution in [-0.4, -0.2) is 15.3 Å². The predicted molar refractivity (Wildman–Crippen MR) is 98.5 cm³/mol. The minimum atomic E-state index is 0.0753. The van der Waals surface area contributed by atoms with E-state index in [0.29, 0.717) is 39.4 Å². The maximum atomic E-state index is 9.88. The molecule has 4 N–H and O–H groups in total. The third-order valence-electron chi connectivity index (χ3n) is 3.47. The number of nitrogens with one attached hydrogen (secondary N) is 3. The molecule has 1 aromatic heterocycles. The third-order valence-corrected chi connectivity index (χ3v) is 3.94. The summed E-state index contributed by atoms with van der Waals surface area (Å²) >= 11 is 11.8. The van der Waals surface area contributed by atoms with Crippen LogP contribution < -0.4 is 10.6 Å². The largest absolute Gasteiger partial charge is 0.508 e. The van der Waals surface area contributed by atoms with E-state index in [2.05, 4.69) is 26.9 Å². The third kappa shape index (κ3) is 3.97. The van der Waals surface area contributed by atoms with Gasteiger partial charge in [-0.25, -0.2) is 0 Å². The fourth-order valence-electron chi connectivity index (χ4n) is 2.25. The van der Waals surface area contributed by atoms with Crippen LogP contribution in [0.3, 0.4) is 0 Å². The first-order chi connectivity index (χ1) is 12.1. The van der Waals surface area contributed by atoms with Gasteiger partial charge in [-0.3, -0.25) is 5.10 Å². The Balaban J connectivity index is 1.77. The number of hydrogen-bond donors (Lipinski definition) is 4. The van der Waals surface area contributed by atoms with Gasteiger partial charge < -0.3 is 15.7 Å². The number of nitriles is 1. The molecule has 0 atom stereocenters. The van der Waals surface area contributed by atoms with E-state index < -0.39 is 0 Å². The molecule has 8 heteroatoms. The smallest absolute Gasteiger partial charge is 0.168 e. The molecule has 0 amide bonds. The van der Waals surface area contributed by atoms with Crippen molar-refractivity contribution in [2.24, 2.45) is 0 Å². The van der Waals surface area contributed by atoms with Crippen molar-refractivity contribution < 1.29 is 5.11 Å². The van der Waals surface area contributed by atoms with Crippen molar-refractivity contribution in [2.75, 3.05) is 10.6 Å². The number of H-pyrrole nitrogens is 1. The normalized spacial score (nSPS) is 10.3. The van der Waals surface area contributed by atoms with Crippen LogP contribution in [0.15, 0.2) is 42.5 Å². The Morgan fingerprint density at radius 2 is 1.96 bits per heavy atom. The molecule has 0 aliphatic rings. The molecular weight excluding hydrogens is 361 g/mol. The second-order valence-corrected chi connectivity index (χ2v) is 6.07. The second kappa shape index (κ2) is 7.34. The number of anilines is 3. The zero-order chi connectivity index (χ0) is 17.8. The number of phenols is 1. The Morgan fingerprint density at radius 3 is 2.68 bits per heavy atom. The van der Waals surface area contributed by atoms with E-state index in [-0.39, 0.29) is 5.75 Å². The molecule has 0 aliphatic heterocycles. The summed E-state index contributed by atoms with van der Waals surface area (Å²) in [5.41, 5.74) is 1.70. The number of aromatic nitrogens is 2. The Kier molecular flexibility index (Phi) is 4.98. The van der Waals surface area contributed by atoms with E-state index in [4.69, 9.17) is 23.2 Å². The molecule has 0 aliphatic carbocycles. The van der Waals surface area contributed by atoms with E-state index in [1.165, 1.54) is 6.07 Å². The SMILES string of the molecule is N#Cc1c(NCc2ccc(Cl)cc2O)n[nH]c1Nc1cccc(Cl)c1. The molecule has 0 saturated carbocycles. The minimum absolute atomic E-state index is 0.0753. The molecule has 0 saturated heterocycles. The number of rotatable bonds is 5. The van der Waals surface area contributed by atoms with Gasteiger partial charge in [-0.2, -0.15) is 10.4 Å². The van der Waals surface area contributed by atoms with Crippen LogP contribution in [0.2, 0.25) is 10.0 Å². The molecule has 25 heavy (non-hydrogen) atoms. The predicted octanol–water partition coefficient (Wildman–Crippen LogP) is 4.65. The van der Waals surface area contributed by atoms with Gasteiger partial charge in [-0.05, 0) is 30.3 Å². The van der Waals surface area contributed by atoms with Crippen molar-refractivity contribution in [3.63, 3.8) is 0 Å². The average Bonchev–Trinajstić information content (AvgIpc) is 2.95. The Morgan fingerprint density at radius 1 is 1.16 bits per heavy atom. The van der Waals surface area contributed by atoms with Crippen LogP contribution in [0.4, 0.5) is 17.3 Å².